The van der Waals surface area contributed by atoms with Crippen molar-refractivity contribution in [2.45, 2.75) is 39.3 Å². The van der Waals surface area contributed by atoms with Crippen molar-refractivity contribution in [3.8, 4) is 16.6 Å². The molecule has 0 radical (unpaired) electrons. The second-order valence-electron chi connectivity index (χ2n) is 7.56. The second-order valence-corrected chi connectivity index (χ2v) is 8.50. The van der Waals surface area contributed by atoms with Crippen LogP contribution in [-0.2, 0) is 9.53 Å². The van der Waals surface area contributed by atoms with Crippen molar-refractivity contribution in [3.05, 3.63) is 53.4 Å². The lowest BCUT2D eigenvalue weighted by molar-refractivity contribution is -0.130. The Labute approximate surface area is 179 Å². The summed E-state index contributed by atoms with van der Waals surface area (Å²) >= 11 is 1.53. The van der Waals surface area contributed by atoms with E-state index >= 15 is 0 Å². The van der Waals surface area contributed by atoms with E-state index < -0.39 is 23.5 Å². The fraction of sp³-hybridized carbons (Fsp3) is 0.304. The number of thiophene rings is 1. The summed E-state index contributed by atoms with van der Waals surface area (Å²) in [7, 11) is 0. The molecule has 0 spiro atoms. The van der Waals surface area contributed by atoms with Gasteiger partial charge >= 0.3 is 5.97 Å². The number of hydrogen-bond donors (Lipinski definition) is 1. The molecule has 6 nitrogen and oxygen atoms in total. The van der Waals surface area contributed by atoms with Gasteiger partial charge in [0.05, 0.1) is 27.7 Å². The average molecular weight is 422 g/mol. The van der Waals surface area contributed by atoms with E-state index in [9.17, 15) is 14.9 Å². The van der Waals surface area contributed by atoms with Crippen LogP contribution in [0.2, 0.25) is 0 Å². The molecule has 0 unspecified atom stereocenters. The van der Waals surface area contributed by atoms with E-state index in [0.29, 0.717) is 22.2 Å². The Hall–Kier alpha value is -3.24. The second kappa shape index (κ2) is 8.64. The molecular formula is C23H23N3O3S. The zero-order valence-corrected chi connectivity index (χ0v) is 18.1. The van der Waals surface area contributed by atoms with E-state index in [2.05, 4.69) is 16.4 Å². The zero-order valence-electron chi connectivity index (χ0n) is 17.3. The zero-order chi connectivity index (χ0) is 21.9. The number of carbonyl (C=O) groups excluding carboxylic acids is 2. The minimum absolute atomic E-state index is 0.105. The minimum Gasteiger partial charge on any atom is -0.449 e. The topological polar surface area (TPSA) is 92.1 Å². The average Bonchev–Trinajstić information content (AvgIpc) is 3.27. The van der Waals surface area contributed by atoms with Gasteiger partial charge in [0, 0.05) is 5.39 Å². The van der Waals surface area contributed by atoms with Gasteiger partial charge in [-0.3, -0.25) is 4.79 Å². The summed E-state index contributed by atoms with van der Waals surface area (Å²) in [6, 6.07) is 15.0. The van der Waals surface area contributed by atoms with Gasteiger partial charge in [-0.05, 0) is 43.3 Å². The third-order valence-corrected chi connectivity index (χ3v) is 6.02. The Morgan fingerprint density at radius 3 is 2.57 bits per heavy atom. The summed E-state index contributed by atoms with van der Waals surface area (Å²) in [6.07, 6.45) is -1.05. The highest BCUT2D eigenvalue weighted by atomic mass is 32.1. The first-order valence-electron chi connectivity index (χ1n) is 9.63. The number of aromatic nitrogens is 1. The summed E-state index contributed by atoms with van der Waals surface area (Å²) < 4.78 is 5.46. The highest BCUT2D eigenvalue weighted by Gasteiger charge is 2.33. The van der Waals surface area contributed by atoms with E-state index in [1.807, 2.05) is 49.6 Å². The third-order valence-electron chi connectivity index (χ3n) is 5.13. The Kier molecular flexibility index (Phi) is 6.18. The summed E-state index contributed by atoms with van der Waals surface area (Å²) in [4.78, 5) is 31.1. The van der Waals surface area contributed by atoms with E-state index in [1.165, 1.54) is 18.3 Å². The summed E-state index contributed by atoms with van der Waals surface area (Å²) in [5.74, 6) is -1.23. The van der Waals surface area contributed by atoms with E-state index in [-0.39, 0.29) is 5.92 Å². The quantitative estimate of drug-likeness (QED) is 0.589. The number of rotatable bonds is 6. The van der Waals surface area contributed by atoms with Crippen molar-refractivity contribution in [1.29, 1.82) is 5.26 Å². The Balaban J connectivity index is 1.88. The molecule has 2 heterocycles. The van der Waals surface area contributed by atoms with Crippen molar-refractivity contribution in [2.75, 3.05) is 0 Å². The van der Waals surface area contributed by atoms with Crippen LogP contribution >= 0.6 is 11.3 Å². The molecule has 3 rings (SSSR count). The van der Waals surface area contributed by atoms with Crippen LogP contribution in [0.3, 0.4) is 0 Å². The predicted molar refractivity (Wildman–Crippen MR) is 117 cm³/mol. The normalized spacial score (nSPS) is 14.0. The number of nitriles is 1. The van der Waals surface area contributed by atoms with Crippen molar-refractivity contribution in [2.24, 2.45) is 5.92 Å². The van der Waals surface area contributed by atoms with E-state index in [0.717, 1.165) is 4.88 Å². The lowest BCUT2D eigenvalue weighted by atomic mass is 9.90. The number of nitrogens with one attached hydrogen (secondary N) is 1. The molecule has 0 fully saturated rings. The molecule has 0 saturated carbocycles. The predicted octanol–water partition coefficient (Wildman–Crippen LogP) is 4.56. The van der Waals surface area contributed by atoms with Crippen LogP contribution in [0.15, 0.2) is 47.8 Å². The first-order valence-corrected chi connectivity index (χ1v) is 10.5. The van der Waals surface area contributed by atoms with Crippen molar-refractivity contribution >= 4 is 34.1 Å². The molecule has 1 N–H and O–H groups in total. The van der Waals surface area contributed by atoms with E-state index in [1.54, 1.807) is 19.1 Å². The molecular weight excluding hydrogens is 398 g/mol. The number of ether oxygens (including phenoxy) is 1. The van der Waals surface area contributed by atoms with Crippen LogP contribution in [0.1, 0.15) is 38.1 Å². The largest absolute Gasteiger partial charge is 0.449 e. The molecule has 7 heteroatoms. The molecule has 2 aromatic heterocycles. The van der Waals surface area contributed by atoms with Gasteiger partial charge in [0.25, 0.3) is 5.91 Å². The summed E-state index contributed by atoms with van der Waals surface area (Å²) in [6.45, 7) is 6.83. The molecule has 0 bridgehead atoms. The molecule has 0 aliphatic rings. The summed E-state index contributed by atoms with van der Waals surface area (Å²) in [5.41, 5.74) is 0.637. The number of benzene rings is 1. The van der Waals surface area contributed by atoms with Gasteiger partial charge in [0.1, 0.15) is 5.54 Å². The molecule has 3 aromatic rings. The van der Waals surface area contributed by atoms with Crippen LogP contribution in [0.5, 0.6) is 0 Å². The molecule has 0 aliphatic carbocycles. The molecule has 154 valence electrons. The third kappa shape index (κ3) is 4.34. The van der Waals surface area contributed by atoms with Gasteiger partial charge in [-0.15, -0.1) is 11.3 Å². The molecule has 30 heavy (non-hydrogen) atoms. The molecule has 2 atom stereocenters. The smallest absolute Gasteiger partial charge is 0.339 e. The van der Waals surface area contributed by atoms with Crippen molar-refractivity contribution in [3.63, 3.8) is 0 Å². The lowest BCUT2D eigenvalue weighted by Crippen LogP contribution is -2.52. The van der Waals surface area contributed by atoms with Crippen LogP contribution < -0.4 is 5.32 Å². The first kappa shape index (κ1) is 21.5. The maximum atomic E-state index is 13.0. The van der Waals surface area contributed by atoms with Crippen LogP contribution in [-0.4, -0.2) is 28.5 Å². The number of nitrogens with zero attached hydrogens (tertiary/aromatic N) is 2. The minimum atomic E-state index is -1.05. The molecule has 0 aliphatic heterocycles. The summed E-state index contributed by atoms with van der Waals surface area (Å²) in [5, 5.41) is 14.7. The Morgan fingerprint density at radius 1 is 1.20 bits per heavy atom. The van der Waals surface area contributed by atoms with Gasteiger partial charge in [0.15, 0.2) is 6.10 Å². The first-order chi connectivity index (χ1) is 14.2. The maximum absolute atomic E-state index is 13.0. The van der Waals surface area contributed by atoms with Gasteiger partial charge in [-0.25, -0.2) is 9.78 Å². The van der Waals surface area contributed by atoms with Gasteiger partial charge in [0.2, 0.25) is 0 Å². The molecule has 1 amide bonds. The number of fused-ring (bicyclic) bond motifs is 1. The van der Waals surface area contributed by atoms with Crippen LogP contribution in [0, 0.1) is 17.2 Å². The van der Waals surface area contributed by atoms with Crippen LogP contribution in [0.25, 0.3) is 21.5 Å². The molecule has 1 aromatic carbocycles. The van der Waals surface area contributed by atoms with Crippen molar-refractivity contribution < 1.29 is 14.3 Å². The SMILES string of the molecule is CC(C)[C@@](C)(C#N)NC(=O)[C@@H](C)OC(=O)c1cc(-c2cccs2)nc2ccccc12. The standard InChI is InChI=1S/C23H23N3O3S/c1-14(2)23(4,13-24)26-21(27)15(3)29-22(28)17-12-19(20-10-7-11-30-20)25-18-9-6-5-8-16(17)18/h5-12,14-15H,1-4H3,(H,26,27)/t15-,23-/m1/s1. The highest BCUT2D eigenvalue weighted by molar-refractivity contribution is 7.13. The number of pyridine rings is 1. The number of hydrogen-bond acceptors (Lipinski definition) is 6. The van der Waals surface area contributed by atoms with Crippen LogP contribution in [0.4, 0.5) is 0 Å². The number of amides is 1. The number of para-hydroxylation sites is 1. The fourth-order valence-electron chi connectivity index (χ4n) is 2.83. The van der Waals surface area contributed by atoms with Gasteiger partial charge in [-0.1, -0.05) is 38.1 Å². The maximum Gasteiger partial charge on any atom is 0.339 e. The van der Waals surface area contributed by atoms with Crippen molar-refractivity contribution in [1.82, 2.24) is 10.3 Å². The fourth-order valence-corrected chi connectivity index (χ4v) is 3.52. The molecule has 0 saturated heterocycles. The van der Waals surface area contributed by atoms with E-state index in [4.69, 9.17) is 4.74 Å². The van der Waals surface area contributed by atoms with Gasteiger partial charge in [-0.2, -0.15) is 5.26 Å². The van der Waals surface area contributed by atoms with Gasteiger partial charge < -0.3 is 10.1 Å². The number of carbonyl (C=O) groups is 2. The lowest BCUT2D eigenvalue weighted by Gasteiger charge is -2.28. The monoisotopic (exact) mass is 421 g/mol. The number of esters is 1. The Morgan fingerprint density at radius 2 is 1.93 bits per heavy atom. The highest BCUT2D eigenvalue weighted by Crippen LogP contribution is 2.28. The Bertz CT molecular complexity index is 1120.